The van der Waals surface area contributed by atoms with Crippen LogP contribution in [0.4, 0.5) is 0 Å². The van der Waals surface area contributed by atoms with Gasteiger partial charge >= 0.3 is 5.97 Å². The summed E-state index contributed by atoms with van der Waals surface area (Å²) in [5, 5.41) is 9.44. The van der Waals surface area contributed by atoms with Crippen LogP contribution in [0.25, 0.3) is 0 Å². The number of carbonyl (C=O) groups is 1. The summed E-state index contributed by atoms with van der Waals surface area (Å²) >= 11 is 5.64. The highest BCUT2D eigenvalue weighted by atomic mass is 35.5. The van der Waals surface area contributed by atoms with Crippen molar-refractivity contribution < 1.29 is 18.3 Å². The molecule has 0 aromatic carbocycles. The standard InChI is InChI=1S/C12H14ClNO5S/c1-3-12(11(16)17,20(2,18)19)5-7-14-6-4-9(13)8-10(14)15/h3-4,6,8H,1,5,7H2,2H3,(H,16,17)/t12-/m1/s1. The zero-order valence-corrected chi connectivity index (χ0v) is 12.3. The zero-order valence-electron chi connectivity index (χ0n) is 10.7. The van der Waals surface area contributed by atoms with E-state index in [2.05, 4.69) is 6.58 Å². The number of carboxylic acid groups (broad SMARTS) is 1. The smallest absolute Gasteiger partial charge is 0.329 e. The molecule has 0 saturated carbocycles. The summed E-state index contributed by atoms with van der Waals surface area (Å²) in [6.45, 7) is 3.22. The third kappa shape index (κ3) is 3.10. The highest BCUT2D eigenvalue weighted by Gasteiger charge is 2.45. The lowest BCUT2D eigenvalue weighted by Gasteiger charge is -2.23. The second-order valence-electron chi connectivity index (χ2n) is 4.30. The van der Waals surface area contributed by atoms with E-state index < -0.39 is 26.1 Å². The third-order valence-corrected chi connectivity index (χ3v) is 5.14. The van der Waals surface area contributed by atoms with Gasteiger partial charge in [-0.2, -0.15) is 0 Å². The molecule has 1 N–H and O–H groups in total. The van der Waals surface area contributed by atoms with Crippen molar-refractivity contribution in [3.8, 4) is 0 Å². The molecule has 0 aliphatic carbocycles. The van der Waals surface area contributed by atoms with E-state index in [0.717, 1.165) is 12.3 Å². The van der Waals surface area contributed by atoms with Gasteiger partial charge in [0.2, 0.25) is 0 Å². The third-order valence-electron chi connectivity index (χ3n) is 3.04. The first kappa shape index (κ1) is 16.5. The molecule has 0 aliphatic rings. The Balaban J connectivity index is 3.14. The molecule has 1 rings (SSSR count). The topological polar surface area (TPSA) is 93.4 Å². The van der Waals surface area contributed by atoms with E-state index in [1.54, 1.807) is 0 Å². The first-order chi connectivity index (χ1) is 9.14. The van der Waals surface area contributed by atoms with Crippen LogP contribution in [0.5, 0.6) is 0 Å². The van der Waals surface area contributed by atoms with Crippen molar-refractivity contribution in [2.75, 3.05) is 6.26 Å². The molecule has 0 fully saturated rings. The molecule has 1 aromatic rings. The molecule has 110 valence electrons. The van der Waals surface area contributed by atoms with Gasteiger partial charge in [-0.3, -0.25) is 9.59 Å². The van der Waals surface area contributed by atoms with Crippen LogP contribution in [0, 0.1) is 0 Å². The Labute approximate surface area is 121 Å². The number of hydrogen-bond donors (Lipinski definition) is 1. The molecule has 0 spiro atoms. The van der Waals surface area contributed by atoms with Crippen LogP contribution < -0.4 is 5.56 Å². The van der Waals surface area contributed by atoms with Gasteiger partial charge in [0.05, 0.1) is 0 Å². The second kappa shape index (κ2) is 5.80. The van der Waals surface area contributed by atoms with Gasteiger partial charge in [0, 0.05) is 30.1 Å². The predicted molar refractivity (Wildman–Crippen MR) is 75.7 cm³/mol. The van der Waals surface area contributed by atoms with E-state index in [4.69, 9.17) is 11.6 Å². The molecule has 6 nitrogen and oxygen atoms in total. The predicted octanol–water partition coefficient (Wildman–Crippen LogP) is 0.946. The SMILES string of the molecule is C=C[C@@](CCn1ccc(Cl)cc1=O)(C(=O)O)S(C)(=O)=O. The first-order valence-electron chi connectivity index (χ1n) is 5.56. The number of halogens is 1. The zero-order chi connectivity index (χ0) is 15.6. The van der Waals surface area contributed by atoms with Gasteiger partial charge in [0.15, 0.2) is 14.6 Å². The van der Waals surface area contributed by atoms with Crippen molar-refractivity contribution in [2.24, 2.45) is 0 Å². The van der Waals surface area contributed by atoms with E-state index in [0.29, 0.717) is 0 Å². The monoisotopic (exact) mass is 319 g/mol. The minimum atomic E-state index is -3.93. The molecule has 1 heterocycles. The fourth-order valence-electron chi connectivity index (χ4n) is 1.75. The van der Waals surface area contributed by atoms with Crippen LogP contribution in [0.1, 0.15) is 6.42 Å². The summed E-state index contributed by atoms with van der Waals surface area (Å²) in [6.07, 6.45) is 2.79. The molecule has 0 aliphatic heterocycles. The van der Waals surface area contributed by atoms with Crippen molar-refractivity contribution in [3.05, 3.63) is 46.4 Å². The molecule has 20 heavy (non-hydrogen) atoms. The Hall–Kier alpha value is -1.60. The normalized spacial score (nSPS) is 14.5. The largest absolute Gasteiger partial charge is 0.480 e. The lowest BCUT2D eigenvalue weighted by atomic mass is 10.1. The maximum atomic E-state index is 11.7. The van der Waals surface area contributed by atoms with E-state index in [1.807, 2.05) is 0 Å². The number of nitrogens with zero attached hydrogens (tertiary/aromatic N) is 1. The van der Waals surface area contributed by atoms with Crippen LogP contribution >= 0.6 is 11.6 Å². The minimum Gasteiger partial charge on any atom is -0.480 e. The molecule has 0 radical (unpaired) electrons. The lowest BCUT2D eigenvalue weighted by molar-refractivity contribution is -0.138. The summed E-state index contributed by atoms with van der Waals surface area (Å²) in [4.78, 5) is 22.9. The molecule has 0 unspecified atom stereocenters. The first-order valence-corrected chi connectivity index (χ1v) is 7.83. The Bertz CT molecular complexity index is 694. The van der Waals surface area contributed by atoms with Gasteiger partial charge in [-0.25, -0.2) is 8.42 Å². The van der Waals surface area contributed by atoms with Gasteiger partial charge in [0.1, 0.15) is 0 Å². The average Bonchev–Trinajstić information content (AvgIpc) is 2.30. The van der Waals surface area contributed by atoms with Crippen molar-refractivity contribution in [1.29, 1.82) is 0 Å². The summed E-state index contributed by atoms with van der Waals surface area (Å²) in [6, 6.07) is 2.62. The molecule has 8 heteroatoms. The maximum Gasteiger partial charge on any atom is 0.329 e. The Morgan fingerprint density at radius 2 is 2.20 bits per heavy atom. The van der Waals surface area contributed by atoms with Gasteiger partial charge in [-0.15, -0.1) is 6.58 Å². The van der Waals surface area contributed by atoms with Crippen LogP contribution in [0.2, 0.25) is 5.02 Å². The van der Waals surface area contributed by atoms with E-state index in [9.17, 15) is 23.1 Å². The maximum absolute atomic E-state index is 11.7. The highest BCUT2D eigenvalue weighted by Crippen LogP contribution is 2.24. The molecular weight excluding hydrogens is 306 g/mol. The Morgan fingerprint density at radius 1 is 1.60 bits per heavy atom. The van der Waals surface area contributed by atoms with Crippen LogP contribution in [0.15, 0.2) is 35.8 Å². The summed E-state index contributed by atoms with van der Waals surface area (Å²) in [7, 11) is -3.93. The highest BCUT2D eigenvalue weighted by molar-refractivity contribution is 7.93. The molecule has 0 saturated heterocycles. The fourth-order valence-corrected chi connectivity index (χ4v) is 2.98. The van der Waals surface area contributed by atoms with Crippen molar-refractivity contribution in [1.82, 2.24) is 4.57 Å². The summed E-state index contributed by atoms with van der Waals surface area (Å²) < 4.78 is 22.5. The van der Waals surface area contributed by atoms with E-state index in [1.165, 1.54) is 22.9 Å². The van der Waals surface area contributed by atoms with E-state index in [-0.39, 0.29) is 18.0 Å². The number of aromatic nitrogens is 1. The number of aliphatic carboxylic acids is 1. The number of hydrogen-bond acceptors (Lipinski definition) is 4. The summed E-state index contributed by atoms with van der Waals surface area (Å²) in [5.74, 6) is -1.52. The van der Waals surface area contributed by atoms with Gasteiger partial charge < -0.3 is 9.67 Å². The van der Waals surface area contributed by atoms with Gasteiger partial charge in [-0.05, 0) is 12.5 Å². The number of aryl methyl sites for hydroxylation is 1. The lowest BCUT2D eigenvalue weighted by Crippen LogP contribution is -2.45. The molecule has 0 amide bonds. The molecule has 1 aromatic heterocycles. The Kier molecular flexibility index (Phi) is 4.77. The number of carboxylic acids is 1. The molecule has 0 bridgehead atoms. The van der Waals surface area contributed by atoms with Gasteiger partial charge in [0.25, 0.3) is 5.56 Å². The van der Waals surface area contributed by atoms with Crippen LogP contribution in [-0.4, -0.2) is 35.1 Å². The number of sulfone groups is 1. The average molecular weight is 320 g/mol. The van der Waals surface area contributed by atoms with Crippen molar-refractivity contribution in [3.63, 3.8) is 0 Å². The fraction of sp³-hybridized carbons (Fsp3) is 0.333. The quantitative estimate of drug-likeness (QED) is 0.788. The van der Waals surface area contributed by atoms with Crippen LogP contribution in [-0.2, 0) is 21.2 Å². The molecular formula is C12H14ClNO5S. The summed E-state index contributed by atoms with van der Waals surface area (Å²) in [5.41, 5.74) is -0.436. The Morgan fingerprint density at radius 3 is 2.60 bits per heavy atom. The van der Waals surface area contributed by atoms with Crippen molar-refractivity contribution in [2.45, 2.75) is 17.7 Å². The number of rotatable bonds is 6. The van der Waals surface area contributed by atoms with Crippen molar-refractivity contribution >= 4 is 27.4 Å². The van der Waals surface area contributed by atoms with Gasteiger partial charge in [-0.1, -0.05) is 17.7 Å². The van der Waals surface area contributed by atoms with E-state index >= 15 is 0 Å². The number of pyridine rings is 1. The minimum absolute atomic E-state index is 0.0820. The second-order valence-corrected chi connectivity index (χ2v) is 7.01. The molecule has 1 atom stereocenters. The van der Waals surface area contributed by atoms with Crippen LogP contribution in [0.3, 0.4) is 0 Å².